The van der Waals surface area contributed by atoms with E-state index in [-0.39, 0.29) is 6.10 Å². The van der Waals surface area contributed by atoms with Crippen molar-refractivity contribution in [2.45, 2.75) is 39.2 Å². The van der Waals surface area contributed by atoms with Crippen LogP contribution in [0.5, 0.6) is 0 Å². The van der Waals surface area contributed by atoms with Crippen molar-refractivity contribution in [2.75, 3.05) is 5.32 Å². The number of amides is 1. The number of hydrogen-bond acceptors (Lipinski definition) is 5. The number of nitrogens with one attached hydrogen (secondary N) is 1. The number of carbonyl (C=O) groups is 1. The first-order valence-electron chi connectivity index (χ1n) is 10.8. The molecule has 2 aliphatic rings. The van der Waals surface area contributed by atoms with Crippen molar-refractivity contribution in [3.8, 4) is 11.8 Å². The van der Waals surface area contributed by atoms with Gasteiger partial charge in [0, 0.05) is 17.7 Å². The monoisotopic (exact) mass is 425 g/mol. The molecule has 1 N–H and O–H groups in total. The summed E-state index contributed by atoms with van der Waals surface area (Å²) in [4.78, 5) is 17.2. The lowest BCUT2D eigenvalue weighted by Gasteiger charge is -2.13. The summed E-state index contributed by atoms with van der Waals surface area (Å²) in [5.74, 6) is 7.08. The third-order valence-electron chi connectivity index (χ3n) is 5.73. The number of nitrogens with zero attached hydrogens (tertiary/aromatic N) is 2. The molecule has 1 aromatic heterocycles. The minimum Gasteiger partial charge on any atom is -0.441 e. The van der Waals surface area contributed by atoms with Gasteiger partial charge < -0.3 is 9.26 Å². The molecule has 0 saturated heterocycles. The SMILES string of the molecule is Cc1noc(C#Cc2ccc3c(c2)CC(C2CC2)=N3)c1NC(=O)OC(C)c1ccccc1. The predicted molar refractivity (Wildman–Crippen MR) is 122 cm³/mol. The van der Waals surface area contributed by atoms with Gasteiger partial charge >= 0.3 is 6.09 Å². The van der Waals surface area contributed by atoms with Crippen LogP contribution in [-0.4, -0.2) is 17.0 Å². The van der Waals surface area contributed by atoms with Crippen LogP contribution in [0.2, 0.25) is 0 Å². The maximum atomic E-state index is 12.4. The number of anilines is 1. The Morgan fingerprint density at radius 2 is 2.00 bits per heavy atom. The van der Waals surface area contributed by atoms with Gasteiger partial charge in [-0.05, 0) is 67.9 Å². The molecule has 1 unspecified atom stereocenters. The topological polar surface area (TPSA) is 76.7 Å². The van der Waals surface area contributed by atoms with Crippen LogP contribution >= 0.6 is 0 Å². The van der Waals surface area contributed by atoms with Crippen LogP contribution in [0.25, 0.3) is 0 Å². The molecule has 2 heterocycles. The molecule has 160 valence electrons. The summed E-state index contributed by atoms with van der Waals surface area (Å²) in [5.41, 5.74) is 6.30. The van der Waals surface area contributed by atoms with E-state index in [9.17, 15) is 4.79 Å². The summed E-state index contributed by atoms with van der Waals surface area (Å²) < 4.78 is 10.8. The highest BCUT2D eigenvalue weighted by Gasteiger charge is 2.30. The zero-order valence-electron chi connectivity index (χ0n) is 18.0. The molecule has 3 aromatic rings. The molecule has 32 heavy (non-hydrogen) atoms. The van der Waals surface area contributed by atoms with Crippen molar-refractivity contribution in [2.24, 2.45) is 10.9 Å². The molecule has 1 amide bonds. The highest BCUT2D eigenvalue weighted by Crippen LogP contribution is 2.38. The van der Waals surface area contributed by atoms with Crippen LogP contribution in [0.4, 0.5) is 16.2 Å². The second-order valence-corrected chi connectivity index (χ2v) is 8.20. The molecule has 0 radical (unpaired) electrons. The number of aryl methyl sites for hydroxylation is 1. The molecule has 2 aromatic carbocycles. The van der Waals surface area contributed by atoms with Gasteiger partial charge in [-0.1, -0.05) is 41.4 Å². The Balaban J connectivity index is 1.28. The van der Waals surface area contributed by atoms with Crippen molar-refractivity contribution < 1.29 is 14.1 Å². The molecule has 6 heteroatoms. The molecule has 1 fully saturated rings. The standard InChI is InChI=1S/C26H23N3O3/c1-16-25(28-26(30)31-17(2)19-6-4-3-5-7-19)24(32-29-16)13-9-18-8-12-22-21(14-18)15-23(27-22)20-10-11-20/h3-8,12,14,17,20H,10-11,15H2,1-2H3,(H,28,30). The van der Waals surface area contributed by atoms with Gasteiger partial charge in [0.15, 0.2) is 0 Å². The molecule has 1 aliphatic heterocycles. The van der Waals surface area contributed by atoms with Crippen LogP contribution in [0.1, 0.15) is 54.0 Å². The number of aliphatic imine (C=N–C) groups is 1. The number of benzene rings is 2. The van der Waals surface area contributed by atoms with E-state index in [0.717, 1.165) is 23.2 Å². The molecular formula is C26H23N3O3. The summed E-state index contributed by atoms with van der Waals surface area (Å²) in [6.45, 7) is 3.57. The van der Waals surface area contributed by atoms with E-state index < -0.39 is 6.09 Å². The van der Waals surface area contributed by atoms with Crippen LogP contribution in [0.15, 0.2) is 58.0 Å². The van der Waals surface area contributed by atoms with E-state index in [1.807, 2.05) is 49.4 Å². The van der Waals surface area contributed by atoms with E-state index in [0.29, 0.717) is 23.1 Å². The Bertz CT molecular complexity index is 1260. The smallest absolute Gasteiger partial charge is 0.412 e. The summed E-state index contributed by atoms with van der Waals surface area (Å²) in [7, 11) is 0. The Kier molecular flexibility index (Phi) is 5.24. The van der Waals surface area contributed by atoms with Crippen LogP contribution in [0, 0.1) is 24.7 Å². The van der Waals surface area contributed by atoms with Gasteiger partial charge in [-0.25, -0.2) is 4.79 Å². The number of carbonyl (C=O) groups excluding carboxylic acids is 1. The van der Waals surface area contributed by atoms with Gasteiger partial charge in [-0.2, -0.15) is 0 Å². The average Bonchev–Trinajstić information content (AvgIpc) is 3.48. The minimum absolute atomic E-state index is 0.294. The lowest BCUT2D eigenvalue weighted by atomic mass is 10.0. The molecule has 5 rings (SSSR count). The quantitative estimate of drug-likeness (QED) is 0.542. The van der Waals surface area contributed by atoms with Crippen LogP contribution in [0.3, 0.4) is 0 Å². The fourth-order valence-corrected chi connectivity index (χ4v) is 3.77. The van der Waals surface area contributed by atoms with Crippen molar-refractivity contribution in [1.82, 2.24) is 5.16 Å². The van der Waals surface area contributed by atoms with E-state index in [1.54, 1.807) is 6.92 Å². The summed E-state index contributed by atoms with van der Waals surface area (Å²) in [6.07, 6.45) is 2.45. The molecule has 1 atom stereocenters. The van der Waals surface area contributed by atoms with E-state index in [1.165, 1.54) is 24.1 Å². The maximum absolute atomic E-state index is 12.4. The Morgan fingerprint density at radius 3 is 2.78 bits per heavy atom. The third kappa shape index (κ3) is 4.28. The van der Waals surface area contributed by atoms with Gasteiger partial charge in [-0.15, -0.1) is 0 Å². The lowest BCUT2D eigenvalue weighted by molar-refractivity contribution is 0.121. The predicted octanol–water partition coefficient (Wildman–Crippen LogP) is 5.73. The first kappa shape index (κ1) is 20.1. The maximum Gasteiger partial charge on any atom is 0.412 e. The largest absolute Gasteiger partial charge is 0.441 e. The van der Waals surface area contributed by atoms with E-state index in [4.69, 9.17) is 14.3 Å². The number of aromatic nitrogens is 1. The number of fused-ring (bicyclic) bond motifs is 1. The van der Waals surface area contributed by atoms with Crippen molar-refractivity contribution in [3.63, 3.8) is 0 Å². The van der Waals surface area contributed by atoms with Gasteiger partial charge in [0.25, 0.3) is 0 Å². The van der Waals surface area contributed by atoms with Crippen molar-refractivity contribution in [3.05, 3.63) is 76.7 Å². The Labute approximate surface area is 186 Å². The molecule has 6 nitrogen and oxygen atoms in total. The van der Waals surface area contributed by atoms with Gasteiger partial charge in [0.05, 0.1) is 5.69 Å². The van der Waals surface area contributed by atoms with Crippen LogP contribution in [-0.2, 0) is 11.2 Å². The number of rotatable bonds is 4. The fourth-order valence-electron chi connectivity index (χ4n) is 3.77. The van der Waals surface area contributed by atoms with E-state index in [2.05, 4.69) is 28.4 Å². The molecule has 1 aliphatic carbocycles. The third-order valence-corrected chi connectivity index (χ3v) is 5.73. The molecular weight excluding hydrogens is 402 g/mol. The highest BCUT2D eigenvalue weighted by atomic mass is 16.6. The van der Waals surface area contributed by atoms with Gasteiger partial charge in [0.1, 0.15) is 17.5 Å². The highest BCUT2D eigenvalue weighted by molar-refractivity contribution is 5.97. The summed E-state index contributed by atoms with van der Waals surface area (Å²) >= 11 is 0. The average molecular weight is 425 g/mol. The van der Waals surface area contributed by atoms with Gasteiger partial charge in [-0.3, -0.25) is 10.3 Å². The van der Waals surface area contributed by atoms with Crippen LogP contribution < -0.4 is 5.32 Å². The Hall–Kier alpha value is -3.85. The number of hydrogen-bond donors (Lipinski definition) is 1. The zero-order chi connectivity index (χ0) is 22.1. The summed E-state index contributed by atoms with van der Waals surface area (Å²) in [6, 6.07) is 15.6. The molecule has 0 bridgehead atoms. The van der Waals surface area contributed by atoms with Gasteiger partial charge in [0.2, 0.25) is 5.76 Å². The van der Waals surface area contributed by atoms with Crippen molar-refractivity contribution >= 4 is 23.2 Å². The second kappa shape index (κ2) is 8.35. The van der Waals surface area contributed by atoms with E-state index >= 15 is 0 Å². The minimum atomic E-state index is -0.585. The Morgan fingerprint density at radius 1 is 1.19 bits per heavy atom. The molecule has 1 saturated carbocycles. The second-order valence-electron chi connectivity index (χ2n) is 8.20. The zero-order valence-corrected chi connectivity index (χ0v) is 18.0. The molecule has 0 spiro atoms. The number of ether oxygens (including phenoxy) is 1. The first-order chi connectivity index (χ1) is 15.6. The fraction of sp³-hybridized carbons (Fsp3) is 0.269. The normalized spacial score (nSPS) is 15.2. The first-order valence-corrected chi connectivity index (χ1v) is 10.8. The summed E-state index contributed by atoms with van der Waals surface area (Å²) in [5, 5.41) is 6.67. The lowest BCUT2D eigenvalue weighted by Crippen LogP contribution is -2.16. The van der Waals surface area contributed by atoms with Crippen molar-refractivity contribution in [1.29, 1.82) is 0 Å².